The highest BCUT2D eigenvalue weighted by atomic mass is 16.2. The van der Waals surface area contributed by atoms with Gasteiger partial charge >= 0.3 is 0 Å². The molecule has 5 aromatic rings. The molecule has 0 saturated heterocycles. The molecule has 1 unspecified atom stereocenters. The lowest BCUT2D eigenvalue weighted by Crippen LogP contribution is -2.47. The number of hydrogen-bond acceptors (Lipinski definition) is 5. The van der Waals surface area contributed by atoms with Crippen LogP contribution in [0.3, 0.4) is 0 Å². The number of fused-ring (bicyclic) bond motifs is 1. The van der Waals surface area contributed by atoms with Crippen LogP contribution < -0.4 is 10.6 Å². The third kappa shape index (κ3) is 5.55. The van der Waals surface area contributed by atoms with Gasteiger partial charge in [-0.05, 0) is 87.9 Å². The molecule has 3 aromatic heterocycles. The molecular weight excluding hydrogens is 552 g/mol. The van der Waals surface area contributed by atoms with Gasteiger partial charge in [0, 0.05) is 47.9 Å². The van der Waals surface area contributed by atoms with Crippen LogP contribution in [-0.2, 0) is 23.8 Å². The number of carbonyl (C=O) groups excluding carboxylic acids is 2. The summed E-state index contributed by atoms with van der Waals surface area (Å²) in [5.41, 5.74) is 9.17. The molecule has 226 valence electrons. The van der Waals surface area contributed by atoms with Crippen LogP contribution in [0.4, 0.5) is 5.69 Å². The first-order valence-corrected chi connectivity index (χ1v) is 14.9. The van der Waals surface area contributed by atoms with Crippen molar-refractivity contribution in [3.8, 4) is 22.3 Å². The number of aromatic nitrogens is 6. The quantitative estimate of drug-likeness (QED) is 0.231. The topological polar surface area (TPSA) is 123 Å². The van der Waals surface area contributed by atoms with Crippen LogP contribution in [0.1, 0.15) is 66.1 Å². The Morgan fingerprint density at radius 2 is 1.75 bits per heavy atom. The molecule has 1 aliphatic carbocycles. The smallest absolute Gasteiger partial charge is 0.270 e. The van der Waals surface area contributed by atoms with E-state index in [0.717, 1.165) is 52.0 Å². The molecule has 2 aromatic carbocycles. The monoisotopic (exact) mass is 590 g/mol. The van der Waals surface area contributed by atoms with Gasteiger partial charge < -0.3 is 10.6 Å². The molecule has 1 aliphatic rings. The highest BCUT2D eigenvalue weighted by Crippen LogP contribution is 2.39. The third-order valence-electron chi connectivity index (χ3n) is 8.47. The summed E-state index contributed by atoms with van der Waals surface area (Å²) in [6.45, 7) is 10.3. The number of aryl methyl sites for hydroxylation is 4. The van der Waals surface area contributed by atoms with Crippen molar-refractivity contribution in [2.45, 2.75) is 65.0 Å². The van der Waals surface area contributed by atoms with Crippen molar-refractivity contribution in [2.75, 3.05) is 5.32 Å². The van der Waals surface area contributed by atoms with E-state index in [4.69, 9.17) is 0 Å². The lowest BCUT2D eigenvalue weighted by molar-refractivity contribution is -0.118. The predicted molar refractivity (Wildman–Crippen MR) is 170 cm³/mol. The van der Waals surface area contributed by atoms with E-state index in [2.05, 4.69) is 76.2 Å². The zero-order chi connectivity index (χ0) is 31.2. The number of benzene rings is 2. The Morgan fingerprint density at radius 3 is 2.39 bits per heavy atom. The fourth-order valence-corrected chi connectivity index (χ4v) is 6.08. The van der Waals surface area contributed by atoms with Gasteiger partial charge in [0.05, 0.1) is 17.4 Å². The summed E-state index contributed by atoms with van der Waals surface area (Å²) >= 11 is 0. The zero-order valence-corrected chi connectivity index (χ0v) is 26.0. The summed E-state index contributed by atoms with van der Waals surface area (Å²) in [4.78, 5) is 27.4. The van der Waals surface area contributed by atoms with Crippen LogP contribution in [0.2, 0.25) is 0 Å². The fourth-order valence-electron chi connectivity index (χ4n) is 6.08. The highest BCUT2D eigenvalue weighted by molar-refractivity contribution is 6.01. The van der Waals surface area contributed by atoms with Crippen molar-refractivity contribution in [3.05, 3.63) is 95.3 Å². The van der Waals surface area contributed by atoms with E-state index < -0.39 is 6.04 Å². The molecule has 6 rings (SSSR count). The molecular formula is C34H38N8O2. The van der Waals surface area contributed by atoms with Gasteiger partial charge in [0.15, 0.2) is 0 Å². The van der Waals surface area contributed by atoms with E-state index in [1.807, 2.05) is 49.0 Å². The Bertz CT molecular complexity index is 1820. The van der Waals surface area contributed by atoms with Gasteiger partial charge in [0.25, 0.3) is 5.91 Å². The minimum Gasteiger partial charge on any atom is -0.338 e. The Hall–Kier alpha value is -4.99. The molecule has 3 heterocycles. The van der Waals surface area contributed by atoms with Gasteiger partial charge in [0.1, 0.15) is 11.7 Å². The maximum absolute atomic E-state index is 14.0. The summed E-state index contributed by atoms with van der Waals surface area (Å²) < 4.78 is 3.47. The number of nitrogens with zero attached hydrogens (tertiary/aromatic N) is 5. The molecule has 0 bridgehead atoms. The van der Waals surface area contributed by atoms with Crippen molar-refractivity contribution in [3.63, 3.8) is 0 Å². The van der Waals surface area contributed by atoms with Gasteiger partial charge in [-0.2, -0.15) is 15.3 Å². The van der Waals surface area contributed by atoms with Crippen molar-refractivity contribution < 1.29 is 9.59 Å². The number of rotatable bonds is 7. The van der Waals surface area contributed by atoms with Crippen LogP contribution >= 0.6 is 0 Å². The number of carbonyl (C=O) groups is 2. The average molecular weight is 591 g/mol. The first kappa shape index (κ1) is 29.1. The Kier molecular flexibility index (Phi) is 7.44. The normalized spacial score (nSPS) is 15.2. The second kappa shape index (κ2) is 11.3. The maximum atomic E-state index is 14.0. The van der Waals surface area contributed by atoms with E-state index in [1.54, 1.807) is 19.3 Å². The summed E-state index contributed by atoms with van der Waals surface area (Å²) in [5, 5.41) is 22.2. The Morgan fingerprint density at radius 1 is 1.00 bits per heavy atom. The zero-order valence-electron chi connectivity index (χ0n) is 26.0. The first-order valence-electron chi connectivity index (χ1n) is 14.9. The second-order valence-corrected chi connectivity index (χ2v) is 12.6. The average Bonchev–Trinajstić information content (AvgIpc) is 3.79. The van der Waals surface area contributed by atoms with E-state index in [9.17, 15) is 9.59 Å². The first-order chi connectivity index (χ1) is 21.0. The lowest BCUT2D eigenvalue weighted by Gasteiger charge is -2.25. The van der Waals surface area contributed by atoms with E-state index in [1.165, 1.54) is 10.2 Å². The van der Waals surface area contributed by atoms with Crippen LogP contribution in [-0.4, -0.2) is 47.6 Å². The van der Waals surface area contributed by atoms with E-state index in [-0.39, 0.29) is 23.3 Å². The van der Waals surface area contributed by atoms with Gasteiger partial charge in [0.2, 0.25) is 5.91 Å². The van der Waals surface area contributed by atoms with Gasteiger partial charge in [-0.3, -0.25) is 24.1 Å². The van der Waals surface area contributed by atoms with Gasteiger partial charge in [-0.1, -0.05) is 30.3 Å². The van der Waals surface area contributed by atoms with E-state index in [0.29, 0.717) is 11.4 Å². The number of anilines is 1. The molecule has 0 fully saturated rings. The molecule has 2 atom stereocenters. The predicted octanol–water partition coefficient (Wildman–Crippen LogP) is 5.51. The minimum atomic E-state index is -0.802. The van der Waals surface area contributed by atoms with Crippen LogP contribution in [0, 0.1) is 13.8 Å². The van der Waals surface area contributed by atoms with E-state index >= 15 is 0 Å². The van der Waals surface area contributed by atoms with Crippen molar-refractivity contribution in [1.29, 1.82) is 0 Å². The van der Waals surface area contributed by atoms with Crippen LogP contribution in [0.25, 0.3) is 22.3 Å². The van der Waals surface area contributed by atoms with Gasteiger partial charge in [-0.15, -0.1) is 0 Å². The molecule has 0 spiro atoms. The lowest BCUT2D eigenvalue weighted by atomic mass is 9.90. The number of hydrogen-bond donors (Lipinski definition) is 3. The summed E-state index contributed by atoms with van der Waals surface area (Å²) in [6, 6.07) is 14.9. The Balaban J connectivity index is 1.30. The third-order valence-corrected chi connectivity index (χ3v) is 8.47. The number of nitrogens with one attached hydrogen (secondary N) is 3. The van der Waals surface area contributed by atoms with Crippen molar-refractivity contribution in [1.82, 2.24) is 35.1 Å². The SMILES string of the molecule is Cc1n[nH]c(C)c1-c1ccc(NC(=O)C(NC(=O)c2ccnn2C)[C@@H]2CCc3ccc(-c4cnn(C(C)(C)C)c4)cc32)cc1. The molecule has 3 N–H and O–H groups in total. The molecule has 10 heteroatoms. The Labute approximate surface area is 256 Å². The molecule has 0 radical (unpaired) electrons. The number of aromatic amines is 1. The molecule has 0 saturated carbocycles. The fraction of sp³-hybridized carbons (Fsp3) is 0.324. The van der Waals surface area contributed by atoms with Crippen molar-refractivity contribution in [2.24, 2.45) is 7.05 Å². The molecule has 0 aliphatic heterocycles. The standard InChI is InChI=1S/C34H38N8O2/c1-20-30(21(2)40-39-20)23-9-12-26(13-10-23)37-33(44)31(38-32(43)29-15-16-35-41(29)6)27-14-11-22-7-8-24(17-28(22)27)25-18-36-42(19-25)34(3,4)5/h7-10,12-13,15-19,27,31H,11,14H2,1-6H3,(H,37,44)(H,38,43)(H,39,40)/t27-,31?/m1/s1. The van der Waals surface area contributed by atoms with Gasteiger partial charge in [-0.25, -0.2) is 0 Å². The van der Waals surface area contributed by atoms with Crippen molar-refractivity contribution >= 4 is 17.5 Å². The second-order valence-electron chi connectivity index (χ2n) is 12.6. The van der Waals surface area contributed by atoms with Crippen LogP contribution in [0.15, 0.2) is 67.1 Å². The number of H-pyrrole nitrogens is 1. The minimum absolute atomic E-state index is 0.134. The highest BCUT2D eigenvalue weighted by Gasteiger charge is 2.36. The maximum Gasteiger partial charge on any atom is 0.270 e. The van der Waals surface area contributed by atoms with Crippen LogP contribution in [0.5, 0.6) is 0 Å². The summed E-state index contributed by atoms with van der Waals surface area (Å²) in [7, 11) is 1.71. The number of amides is 2. The summed E-state index contributed by atoms with van der Waals surface area (Å²) in [6.07, 6.45) is 7.06. The largest absolute Gasteiger partial charge is 0.338 e. The molecule has 44 heavy (non-hydrogen) atoms. The molecule has 2 amide bonds. The summed E-state index contributed by atoms with van der Waals surface area (Å²) in [5.74, 6) is -0.828. The molecule has 10 nitrogen and oxygen atoms in total.